The van der Waals surface area contributed by atoms with Gasteiger partial charge in [0.2, 0.25) is 0 Å². The molecule has 0 unspecified atom stereocenters. The summed E-state index contributed by atoms with van der Waals surface area (Å²) in [5.74, 6) is 0. The maximum Gasteiger partial charge on any atom is 0.258 e. The van der Waals surface area contributed by atoms with Crippen molar-refractivity contribution in [2.45, 2.75) is 13.0 Å². The van der Waals surface area contributed by atoms with Gasteiger partial charge < -0.3 is 0 Å². The van der Waals surface area contributed by atoms with Crippen LogP contribution in [0.25, 0.3) is 0 Å². The van der Waals surface area contributed by atoms with Gasteiger partial charge in [0.05, 0.1) is 22.3 Å². The fourth-order valence-corrected chi connectivity index (χ4v) is 3.85. The highest BCUT2D eigenvalue weighted by molar-refractivity contribution is 8.05. The molecule has 0 saturated carbocycles. The zero-order valence-corrected chi connectivity index (χ0v) is 14.3. The molecular weight excluding hydrogens is 357 g/mol. The van der Waals surface area contributed by atoms with Crippen LogP contribution in [0, 0.1) is 0 Å². The van der Waals surface area contributed by atoms with Crippen LogP contribution in [0.3, 0.4) is 0 Å². The lowest BCUT2D eigenvalue weighted by Gasteiger charge is -2.08. The number of rotatable bonds is 4. The predicted octanol–water partition coefficient (Wildman–Crippen LogP) is 2.81. The van der Waals surface area contributed by atoms with E-state index in [0.29, 0.717) is 34.3 Å². The monoisotopic (exact) mass is 369 g/mol. The number of hydrogen-bond donors (Lipinski definition) is 1. The molecule has 0 radical (unpaired) electrons. The average Bonchev–Trinajstić information content (AvgIpc) is 2.95. The summed E-state index contributed by atoms with van der Waals surface area (Å²) >= 11 is 11.8. The first-order valence-corrected chi connectivity index (χ1v) is 9.13. The van der Waals surface area contributed by atoms with Gasteiger partial charge in [-0.15, -0.1) is 0 Å². The largest absolute Gasteiger partial charge is 0.265 e. The maximum atomic E-state index is 12.4. The first-order valence-electron chi connectivity index (χ1n) is 6.90. The summed E-state index contributed by atoms with van der Waals surface area (Å²) in [6, 6.07) is 8.65. The van der Waals surface area contributed by atoms with Gasteiger partial charge in [0.1, 0.15) is 0 Å². The van der Waals surface area contributed by atoms with Crippen molar-refractivity contribution in [3.05, 3.63) is 63.4 Å². The molecule has 23 heavy (non-hydrogen) atoms. The van der Waals surface area contributed by atoms with Gasteiger partial charge in [0.25, 0.3) is 10.0 Å². The number of halogens is 2. The van der Waals surface area contributed by atoms with Crippen LogP contribution in [0.2, 0.25) is 10.0 Å². The third-order valence-corrected chi connectivity index (χ3v) is 5.62. The number of nitrogens with zero attached hydrogens (tertiary/aromatic N) is 2. The Balaban J connectivity index is 1.67. The molecule has 0 fully saturated rings. The molecule has 1 aromatic heterocycles. The van der Waals surface area contributed by atoms with Crippen LogP contribution in [0.5, 0.6) is 0 Å². The minimum atomic E-state index is -3.66. The Kier molecular flexibility index (Phi) is 4.68. The highest BCUT2D eigenvalue weighted by Crippen LogP contribution is 2.23. The van der Waals surface area contributed by atoms with E-state index in [4.69, 9.17) is 23.2 Å². The van der Waals surface area contributed by atoms with Gasteiger partial charge >= 0.3 is 0 Å². The minimum absolute atomic E-state index is 0.0507. The van der Waals surface area contributed by atoms with E-state index in [1.54, 1.807) is 30.5 Å². The van der Waals surface area contributed by atoms with Crippen molar-refractivity contribution < 1.29 is 8.42 Å². The fourth-order valence-electron chi connectivity index (χ4n) is 2.31. The fraction of sp³-hybridized carbons (Fsp3) is 0.200. The van der Waals surface area contributed by atoms with E-state index in [1.807, 2.05) is 6.07 Å². The normalized spacial score (nSPS) is 13.7. The molecule has 5 nitrogen and oxygen atoms in total. The highest BCUT2D eigenvalue weighted by atomic mass is 35.5. The second-order valence-corrected chi connectivity index (χ2v) is 7.51. The van der Waals surface area contributed by atoms with E-state index in [-0.39, 0.29) is 11.6 Å². The van der Waals surface area contributed by atoms with Gasteiger partial charge in [-0.1, -0.05) is 29.3 Å². The first kappa shape index (κ1) is 16.4. The third kappa shape index (κ3) is 3.55. The molecule has 120 valence electrons. The van der Waals surface area contributed by atoms with Crippen molar-refractivity contribution in [3.8, 4) is 0 Å². The third-order valence-electron chi connectivity index (χ3n) is 3.44. The van der Waals surface area contributed by atoms with Gasteiger partial charge in [-0.25, -0.2) is 13.1 Å². The number of aromatic nitrogens is 1. The van der Waals surface area contributed by atoms with Crippen molar-refractivity contribution in [2.75, 3.05) is 6.54 Å². The molecule has 0 bridgehead atoms. The lowest BCUT2D eigenvalue weighted by atomic mass is 10.1. The lowest BCUT2D eigenvalue weighted by molar-refractivity contribution is 0.593. The molecule has 2 aromatic rings. The van der Waals surface area contributed by atoms with Gasteiger partial charge in [0.15, 0.2) is 5.04 Å². The van der Waals surface area contributed by atoms with E-state index in [0.717, 1.165) is 5.56 Å². The Hall–Kier alpha value is -1.47. The van der Waals surface area contributed by atoms with Gasteiger partial charge in [0, 0.05) is 18.3 Å². The topological polar surface area (TPSA) is 71.4 Å². The standard InChI is InChI=1S/C15H13Cl2N3O2S/c16-12-4-3-10(8-13(12)17)5-7-20-23(21,22)15-11-2-1-6-18-14(11)9-19-15/h1-4,6,8,20H,5,7,9H2. The molecule has 1 aliphatic heterocycles. The Labute approximate surface area is 144 Å². The summed E-state index contributed by atoms with van der Waals surface area (Å²) in [4.78, 5) is 8.23. The Bertz CT molecular complexity index is 882. The van der Waals surface area contributed by atoms with E-state index < -0.39 is 10.0 Å². The summed E-state index contributed by atoms with van der Waals surface area (Å²) in [6.07, 6.45) is 2.13. The Morgan fingerprint density at radius 1 is 1.17 bits per heavy atom. The molecule has 0 amide bonds. The molecule has 0 spiro atoms. The quantitative estimate of drug-likeness (QED) is 0.900. The maximum absolute atomic E-state index is 12.4. The second kappa shape index (κ2) is 6.57. The minimum Gasteiger partial charge on any atom is -0.265 e. The molecule has 1 N–H and O–H groups in total. The van der Waals surface area contributed by atoms with Crippen molar-refractivity contribution in [1.82, 2.24) is 9.71 Å². The smallest absolute Gasteiger partial charge is 0.258 e. The van der Waals surface area contributed by atoms with Crippen molar-refractivity contribution in [1.29, 1.82) is 0 Å². The molecule has 2 heterocycles. The predicted molar refractivity (Wildman–Crippen MR) is 91.6 cm³/mol. The zero-order chi connectivity index (χ0) is 16.4. The van der Waals surface area contributed by atoms with Crippen LogP contribution in [0.1, 0.15) is 16.8 Å². The molecule has 0 saturated heterocycles. The number of sulfonamides is 1. The summed E-state index contributed by atoms with van der Waals surface area (Å²) < 4.78 is 27.3. The molecule has 1 aliphatic rings. The summed E-state index contributed by atoms with van der Waals surface area (Å²) in [6.45, 7) is 0.536. The van der Waals surface area contributed by atoms with E-state index in [9.17, 15) is 8.42 Å². The van der Waals surface area contributed by atoms with Gasteiger partial charge in [-0.2, -0.15) is 0 Å². The van der Waals surface area contributed by atoms with Crippen LogP contribution in [0.4, 0.5) is 0 Å². The highest BCUT2D eigenvalue weighted by Gasteiger charge is 2.27. The molecule has 0 aliphatic carbocycles. The summed E-state index contributed by atoms with van der Waals surface area (Å²) in [5, 5.41) is 0.974. The van der Waals surface area contributed by atoms with E-state index in [1.165, 1.54) is 0 Å². The Morgan fingerprint density at radius 2 is 2.00 bits per heavy atom. The SMILES string of the molecule is O=S(=O)(NCCc1ccc(Cl)c(Cl)c1)C1=NCc2ncccc21. The number of hydrogen-bond acceptors (Lipinski definition) is 4. The number of benzene rings is 1. The lowest BCUT2D eigenvalue weighted by Crippen LogP contribution is -2.32. The Morgan fingerprint density at radius 3 is 2.78 bits per heavy atom. The van der Waals surface area contributed by atoms with Gasteiger partial charge in [-0.3, -0.25) is 9.98 Å². The van der Waals surface area contributed by atoms with Crippen LogP contribution < -0.4 is 4.72 Å². The van der Waals surface area contributed by atoms with E-state index >= 15 is 0 Å². The molecule has 1 aromatic carbocycles. The van der Waals surface area contributed by atoms with Crippen molar-refractivity contribution in [2.24, 2.45) is 4.99 Å². The number of pyridine rings is 1. The average molecular weight is 370 g/mol. The van der Waals surface area contributed by atoms with E-state index in [2.05, 4.69) is 14.7 Å². The van der Waals surface area contributed by atoms with Crippen LogP contribution in [-0.4, -0.2) is 25.0 Å². The number of nitrogens with one attached hydrogen (secondary N) is 1. The molecule has 0 atom stereocenters. The van der Waals surface area contributed by atoms with Gasteiger partial charge in [-0.05, 0) is 36.2 Å². The zero-order valence-electron chi connectivity index (χ0n) is 12.0. The number of fused-ring (bicyclic) bond motifs is 1. The number of aliphatic imine (C=N–C) groups is 1. The summed E-state index contributed by atoms with van der Waals surface area (Å²) in [7, 11) is -3.66. The second-order valence-electron chi connectivity index (χ2n) is 5.02. The molecule has 3 rings (SSSR count). The molecular formula is C15H13Cl2N3O2S. The summed E-state index contributed by atoms with van der Waals surface area (Å²) in [5.41, 5.74) is 2.14. The van der Waals surface area contributed by atoms with Crippen molar-refractivity contribution in [3.63, 3.8) is 0 Å². The van der Waals surface area contributed by atoms with Crippen LogP contribution in [0.15, 0.2) is 41.5 Å². The first-order chi connectivity index (χ1) is 11.0. The van der Waals surface area contributed by atoms with Crippen molar-refractivity contribution >= 4 is 38.3 Å². The van der Waals surface area contributed by atoms with Crippen LogP contribution >= 0.6 is 23.2 Å². The van der Waals surface area contributed by atoms with Crippen LogP contribution in [-0.2, 0) is 23.0 Å². The molecule has 8 heteroatoms.